The quantitative estimate of drug-likeness (QED) is 0.517. The lowest BCUT2D eigenvalue weighted by Gasteiger charge is -1.96. The van der Waals surface area contributed by atoms with Crippen LogP contribution in [0.3, 0.4) is 0 Å². The Labute approximate surface area is 60.5 Å². The Morgan fingerprint density at radius 1 is 1.44 bits per heavy atom. The third-order valence-electron chi connectivity index (χ3n) is 1.24. The Morgan fingerprint density at radius 2 is 2.11 bits per heavy atom. The van der Waals surface area contributed by atoms with Crippen molar-refractivity contribution < 1.29 is 0 Å². The highest BCUT2D eigenvalue weighted by molar-refractivity contribution is 6.30. The summed E-state index contributed by atoms with van der Waals surface area (Å²) in [5.41, 5.74) is 1.82. The molecule has 1 rings (SSSR count). The Hall–Kier alpha value is -0.490. The van der Waals surface area contributed by atoms with Gasteiger partial charge in [-0.1, -0.05) is 17.7 Å². The summed E-state index contributed by atoms with van der Waals surface area (Å²) in [6, 6.07) is 5.47. The van der Waals surface area contributed by atoms with E-state index in [1.54, 1.807) is 6.07 Å². The average molecular weight is 139 g/mol. The van der Waals surface area contributed by atoms with Gasteiger partial charge in [0.15, 0.2) is 0 Å². The molecule has 0 amide bonds. The summed E-state index contributed by atoms with van der Waals surface area (Å²) < 4.78 is 0. The zero-order chi connectivity index (χ0) is 6.85. The molecular weight excluding hydrogens is 132 g/mol. The van der Waals surface area contributed by atoms with Gasteiger partial charge in [-0.2, -0.15) is 0 Å². The van der Waals surface area contributed by atoms with E-state index in [2.05, 4.69) is 0 Å². The lowest BCUT2D eigenvalue weighted by Crippen LogP contribution is -1.77. The molecule has 0 saturated carbocycles. The van der Waals surface area contributed by atoms with Gasteiger partial charge in [0.25, 0.3) is 0 Å². The molecule has 1 heteroatoms. The maximum absolute atomic E-state index is 5.64. The molecule has 0 saturated heterocycles. The van der Waals surface area contributed by atoms with Crippen molar-refractivity contribution in [1.29, 1.82) is 0 Å². The van der Waals surface area contributed by atoms with Crippen molar-refractivity contribution in [2.75, 3.05) is 0 Å². The van der Waals surface area contributed by atoms with Crippen LogP contribution in [0.1, 0.15) is 11.1 Å². The fourth-order valence-electron chi connectivity index (χ4n) is 0.611. The summed E-state index contributed by atoms with van der Waals surface area (Å²) in [6.45, 7) is 7.49. The highest BCUT2D eigenvalue weighted by atomic mass is 35.5. The molecule has 1 aromatic rings. The van der Waals surface area contributed by atoms with E-state index >= 15 is 0 Å². The minimum absolute atomic E-state index is 0.693. The molecular formula is C8H7Cl. The van der Waals surface area contributed by atoms with E-state index in [1.807, 2.05) is 19.1 Å². The summed E-state index contributed by atoms with van der Waals surface area (Å²) in [6.07, 6.45) is 0. The molecule has 0 bridgehead atoms. The van der Waals surface area contributed by atoms with Gasteiger partial charge in [0, 0.05) is 5.02 Å². The smallest absolute Gasteiger partial charge is 0.0409 e. The highest BCUT2D eigenvalue weighted by Gasteiger charge is 1.90. The van der Waals surface area contributed by atoms with Crippen molar-refractivity contribution in [2.45, 2.75) is 6.92 Å². The van der Waals surface area contributed by atoms with Crippen LogP contribution in [0.4, 0.5) is 0 Å². The molecule has 0 aliphatic rings. The van der Waals surface area contributed by atoms with Crippen LogP contribution in [0.25, 0.3) is 0 Å². The van der Waals surface area contributed by atoms with E-state index in [1.165, 1.54) is 0 Å². The molecule has 46 valence electrons. The molecule has 0 spiro atoms. The molecule has 0 aliphatic carbocycles. The van der Waals surface area contributed by atoms with Crippen molar-refractivity contribution in [3.63, 3.8) is 0 Å². The number of aryl methyl sites for hydroxylation is 1. The molecule has 0 atom stereocenters. The van der Waals surface area contributed by atoms with Gasteiger partial charge in [-0.3, -0.25) is 0 Å². The summed E-state index contributed by atoms with van der Waals surface area (Å²) in [5.74, 6) is 0. The van der Waals surface area contributed by atoms with Crippen LogP contribution >= 0.6 is 11.6 Å². The van der Waals surface area contributed by atoms with E-state index in [-0.39, 0.29) is 0 Å². The second-order valence-electron chi connectivity index (χ2n) is 2.00. The Kier molecular flexibility index (Phi) is 1.77. The third-order valence-corrected chi connectivity index (χ3v) is 1.48. The van der Waals surface area contributed by atoms with Gasteiger partial charge in [0.1, 0.15) is 0 Å². The lowest BCUT2D eigenvalue weighted by atomic mass is 10.1. The van der Waals surface area contributed by atoms with E-state index in [9.17, 15) is 0 Å². The van der Waals surface area contributed by atoms with Gasteiger partial charge in [0.05, 0.1) is 0 Å². The van der Waals surface area contributed by atoms with Crippen molar-refractivity contribution in [3.8, 4) is 0 Å². The highest BCUT2D eigenvalue weighted by Crippen LogP contribution is 2.13. The lowest BCUT2D eigenvalue weighted by molar-refractivity contribution is 1.42. The maximum atomic E-state index is 5.64. The van der Waals surface area contributed by atoms with Crippen LogP contribution in [0, 0.1) is 13.8 Å². The molecule has 0 N–H and O–H groups in total. The monoisotopic (exact) mass is 138 g/mol. The normalized spacial score (nSPS) is 9.67. The first-order valence-electron chi connectivity index (χ1n) is 2.72. The first kappa shape index (κ1) is 6.63. The number of halogens is 1. The first-order valence-corrected chi connectivity index (χ1v) is 3.09. The van der Waals surface area contributed by atoms with Crippen molar-refractivity contribution in [2.24, 2.45) is 0 Å². The van der Waals surface area contributed by atoms with Gasteiger partial charge in [-0.25, -0.2) is 0 Å². The number of hydrogen-bond donors (Lipinski definition) is 0. The zero-order valence-corrected chi connectivity index (χ0v) is 5.94. The Morgan fingerprint density at radius 3 is 2.56 bits per heavy atom. The Balaban J connectivity index is 3.17. The second-order valence-corrected chi connectivity index (χ2v) is 2.44. The predicted octanol–water partition coefficient (Wildman–Crippen LogP) is 2.71. The van der Waals surface area contributed by atoms with Gasteiger partial charge in [0.2, 0.25) is 0 Å². The summed E-state index contributed by atoms with van der Waals surface area (Å²) in [5, 5.41) is 0.693. The summed E-state index contributed by atoms with van der Waals surface area (Å²) in [4.78, 5) is 0. The van der Waals surface area contributed by atoms with Gasteiger partial charge in [-0.15, -0.1) is 0 Å². The zero-order valence-electron chi connectivity index (χ0n) is 5.19. The standard InChI is InChI=1S/C8H7Cl/c1-6-3-4-8(9)5-7(6)2/h2-5H,1H3. The van der Waals surface area contributed by atoms with E-state index < -0.39 is 0 Å². The maximum Gasteiger partial charge on any atom is 0.0409 e. The molecule has 0 fully saturated rings. The SMILES string of the molecule is [CH]c1cc(Cl)ccc1C. The molecule has 0 nitrogen and oxygen atoms in total. The van der Waals surface area contributed by atoms with Gasteiger partial charge < -0.3 is 0 Å². The molecule has 0 heterocycles. The number of rotatable bonds is 0. The third kappa shape index (κ3) is 1.46. The number of hydrogen-bond acceptors (Lipinski definition) is 0. The van der Waals surface area contributed by atoms with Crippen molar-refractivity contribution >= 4 is 11.6 Å². The summed E-state index contributed by atoms with van der Waals surface area (Å²) >= 11 is 5.64. The van der Waals surface area contributed by atoms with Crippen molar-refractivity contribution in [3.05, 3.63) is 41.3 Å². The molecule has 0 aromatic heterocycles. The fraction of sp³-hybridized carbons (Fsp3) is 0.125. The number of benzene rings is 1. The first-order chi connectivity index (χ1) is 4.20. The topological polar surface area (TPSA) is 0 Å². The largest absolute Gasteiger partial charge is 0.0843 e. The molecule has 1 aromatic carbocycles. The minimum Gasteiger partial charge on any atom is -0.0843 e. The molecule has 9 heavy (non-hydrogen) atoms. The van der Waals surface area contributed by atoms with Gasteiger partial charge >= 0.3 is 0 Å². The molecule has 0 aliphatic heterocycles. The fourth-order valence-corrected chi connectivity index (χ4v) is 0.792. The van der Waals surface area contributed by atoms with E-state index in [4.69, 9.17) is 18.5 Å². The van der Waals surface area contributed by atoms with E-state index in [0.717, 1.165) is 11.1 Å². The van der Waals surface area contributed by atoms with Crippen LogP contribution in [-0.2, 0) is 0 Å². The minimum atomic E-state index is 0.693. The molecule has 2 radical (unpaired) electrons. The molecule has 0 unspecified atom stereocenters. The van der Waals surface area contributed by atoms with Crippen LogP contribution in [0.2, 0.25) is 5.02 Å². The Bertz CT molecular complexity index is 216. The summed E-state index contributed by atoms with van der Waals surface area (Å²) in [7, 11) is 0. The van der Waals surface area contributed by atoms with E-state index in [0.29, 0.717) is 5.02 Å². The van der Waals surface area contributed by atoms with Crippen LogP contribution in [-0.4, -0.2) is 0 Å². The van der Waals surface area contributed by atoms with Gasteiger partial charge in [-0.05, 0) is 37.1 Å². The van der Waals surface area contributed by atoms with Crippen LogP contribution in [0.15, 0.2) is 18.2 Å². The average Bonchev–Trinajstić information content (AvgIpc) is 1.80. The van der Waals surface area contributed by atoms with Crippen LogP contribution in [0.5, 0.6) is 0 Å². The van der Waals surface area contributed by atoms with Crippen molar-refractivity contribution in [1.82, 2.24) is 0 Å². The predicted molar refractivity (Wildman–Crippen MR) is 39.6 cm³/mol. The van der Waals surface area contributed by atoms with Crippen LogP contribution < -0.4 is 0 Å². The second kappa shape index (κ2) is 2.40.